The number of hydrogen-bond donors (Lipinski definition) is 1. The van der Waals surface area contributed by atoms with Gasteiger partial charge in [0.2, 0.25) is 0 Å². The molecule has 2 aromatic heterocycles. The van der Waals surface area contributed by atoms with Crippen molar-refractivity contribution in [2.45, 2.75) is 26.7 Å². The molecule has 4 nitrogen and oxygen atoms in total. The number of nitrogens with two attached hydrogens (primary N) is 1. The van der Waals surface area contributed by atoms with E-state index < -0.39 is 11.6 Å². The fourth-order valence-corrected chi connectivity index (χ4v) is 1.86. The molecule has 2 N–H and O–H groups in total. The first kappa shape index (κ1) is 12.5. The SMILES string of the molecule is CCc1nn(-c2ncc(F)cc2F)c(CC)c1N. The number of hydrogen-bond acceptors (Lipinski definition) is 3. The molecule has 0 aliphatic carbocycles. The van der Waals surface area contributed by atoms with Crippen molar-refractivity contribution in [2.75, 3.05) is 5.73 Å². The number of halogens is 2. The number of nitrogens with zero attached hydrogens (tertiary/aromatic N) is 3. The van der Waals surface area contributed by atoms with E-state index in [1.54, 1.807) is 0 Å². The Kier molecular flexibility index (Phi) is 3.27. The zero-order valence-electron chi connectivity index (χ0n) is 10.2. The molecule has 18 heavy (non-hydrogen) atoms. The molecular formula is C12H14F2N4. The van der Waals surface area contributed by atoms with E-state index in [1.165, 1.54) is 4.68 Å². The fourth-order valence-electron chi connectivity index (χ4n) is 1.86. The number of anilines is 1. The summed E-state index contributed by atoms with van der Waals surface area (Å²) in [4.78, 5) is 3.74. The molecule has 2 aromatic rings. The molecule has 0 saturated heterocycles. The van der Waals surface area contributed by atoms with Gasteiger partial charge in [0.05, 0.1) is 23.3 Å². The first-order valence-corrected chi connectivity index (χ1v) is 5.76. The van der Waals surface area contributed by atoms with E-state index in [2.05, 4.69) is 10.1 Å². The minimum absolute atomic E-state index is 0.0281. The van der Waals surface area contributed by atoms with Crippen molar-refractivity contribution in [1.29, 1.82) is 0 Å². The molecule has 0 amide bonds. The number of aromatic nitrogens is 3. The Morgan fingerprint density at radius 3 is 2.56 bits per heavy atom. The Balaban J connectivity index is 2.63. The van der Waals surface area contributed by atoms with Gasteiger partial charge in [0.1, 0.15) is 5.82 Å². The highest BCUT2D eigenvalue weighted by atomic mass is 19.1. The van der Waals surface area contributed by atoms with Crippen LogP contribution in [0.3, 0.4) is 0 Å². The van der Waals surface area contributed by atoms with Gasteiger partial charge in [-0.05, 0) is 12.8 Å². The van der Waals surface area contributed by atoms with Crippen molar-refractivity contribution < 1.29 is 8.78 Å². The zero-order chi connectivity index (χ0) is 13.3. The number of nitrogen functional groups attached to an aromatic ring is 1. The second-order valence-electron chi connectivity index (χ2n) is 3.88. The molecule has 0 unspecified atom stereocenters. The van der Waals surface area contributed by atoms with Gasteiger partial charge in [-0.25, -0.2) is 18.4 Å². The molecule has 96 valence electrons. The van der Waals surface area contributed by atoms with Crippen LogP contribution in [-0.4, -0.2) is 14.8 Å². The molecular weight excluding hydrogens is 238 g/mol. The smallest absolute Gasteiger partial charge is 0.190 e. The Morgan fingerprint density at radius 1 is 1.28 bits per heavy atom. The summed E-state index contributed by atoms with van der Waals surface area (Å²) in [6.07, 6.45) is 2.20. The predicted octanol–water partition coefficient (Wildman–Crippen LogP) is 2.25. The summed E-state index contributed by atoms with van der Waals surface area (Å²) >= 11 is 0. The Labute approximate surface area is 103 Å². The summed E-state index contributed by atoms with van der Waals surface area (Å²) in [6.45, 7) is 3.81. The lowest BCUT2D eigenvalue weighted by molar-refractivity contribution is 0.557. The third-order valence-electron chi connectivity index (χ3n) is 2.76. The quantitative estimate of drug-likeness (QED) is 0.911. The molecule has 0 fully saturated rings. The van der Waals surface area contributed by atoms with Crippen LogP contribution in [-0.2, 0) is 12.8 Å². The molecule has 2 rings (SSSR count). The molecule has 0 saturated carbocycles. The van der Waals surface area contributed by atoms with Gasteiger partial charge in [0, 0.05) is 6.07 Å². The average Bonchev–Trinajstić information content (AvgIpc) is 2.65. The lowest BCUT2D eigenvalue weighted by Crippen LogP contribution is -2.07. The third-order valence-corrected chi connectivity index (χ3v) is 2.76. The Bertz CT molecular complexity index is 578. The largest absolute Gasteiger partial charge is 0.396 e. The molecule has 6 heteroatoms. The van der Waals surface area contributed by atoms with Gasteiger partial charge in [-0.15, -0.1) is 0 Å². The van der Waals surface area contributed by atoms with Crippen LogP contribution in [0.1, 0.15) is 25.2 Å². The van der Waals surface area contributed by atoms with Crippen LogP contribution in [0.5, 0.6) is 0 Å². The highest BCUT2D eigenvalue weighted by Crippen LogP contribution is 2.22. The van der Waals surface area contributed by atoms with Gasteiger partial charge in [-0.2, -0.15) is 5.10 Å². The van der Waals surface area contributed by atoms with Crippen molar-refractivity contribution in [1.82, 2.24) is 14.8 Å². The van der Waals surface area contributed by atoms with Crippen molar-refractivity contribution in [2.24, 2.45) is 0 Å². The second-order valence-corrected chi connectivity index (χ2v) is 3.88. The topological polar surface area (TPSA) is 56.7 Å². The summed E-state index contributed by atoms with van der Waals surface area (Å²) in [5.41, 5.74) is 7.86. The molecule has 0 radical (unpaired) electrons. The minimum Gasteiger partial charge on any atom is -0.396 e. The number of rotatable bonds is 3. The van der Waals surface area contributed by atoms with Gasteiger partial charge < -0.3 is 5.73 Å². The lowest BCUT2D eigenvalue weighted by atomic mass is 10.2. The van der Waals surface area contributed by atoms with Gasteiger partial charge in [-0.3, -0.25) is 0 Å². The lowest BCUT2D eigenvalue weighted by Gasteiger charge is -2.06. The van der Waals surface area contributed by atoms with Gasteiger partial charge in [0.15, 0.2) is 11.6 Å². The second kappa shape index (κ2) is 4.72. The zero-order valence-corrected chi connectivity index (χ0v) is 10.2. The molecule has 0 bridgehead atoms. The van der Waals surface area contributed by atoms with E-state index in [9.17, 15) is 8.78 Å². The van der Waals surface area contributed by atoms with Crippen LogP contribution in [0, 0.1) is 11.6 Å². The van der Waals surface area contributed by atoms with E-state index in [4.69, 9.17) is 5.73 Å². The molecule has 2 heterocycles. The normalized spacial score (nSPS) is 10.9. The highest BCUT2D eigenvalue weighted by Gasteiger charge is 2.17. The van der Waals surface area contributed by atoms with E-state index >= 15 is 0 Å². The van der Waals surface area contributed by atoms with Crippen molar-refractivity contribution in [3.05, 3.63) is 35.3 Å². The molecule has 0 atom stereocenters. The molecule has 0 aliphatic rings. The van der Waals surface area contributed by atoms with E-state index in [-0.39, 0.29) is 5.82 Å². The van der Waals surface area contributed by atoms with E-state index in [0.29, 0.717) is 29.9 Å². The maximum Gasteiger partial charge on any atom is 0.190 e. The Morgan fingerprint density at radius 2 is 2.00 bits per heavy atom. The van der Waals surface area contributed by atoms with Gasteiger partial charge in [0.25, 0.3) is 0 Å². The van der Waals surface area contributed by atoms with Gasteiger partial charge >= 0.3 is 0 Å². The van der Waals surface area contributed by atoms with Crippen LogP contribution in [0.4, 0.5) is 14.5 Å². The third kappa shape index (κ3) is 1.94. The molecule has 0 spiro atoms. The standard InChI is InChI=1S/C12H14F2N4/c1-3-9-11(15)10(4-2)18(17-9)12-8(14)5-7(13)6-16-12/h5-6H,3-4,15H2,1-2H3. The first-order chi connectivity index (χ1) is 8.58. The van der Waals surface area contributed by atoms with Crippen LogP contribution >= 0.6 is 0 Å². The van der Waals surface area contributed by atoms with Crippen molar-refractivity contribution in [3.63, 3.8) is 0 Å². The van der Waals surface area contributed by atoms with E-state index in [0.717, 1.165) is 12.3 Å². The van der Waals surface area contributed by atoms with Gasteiger partial charge in [-0.1, -0.05) is 13.8 Å². The van der Waals surface area contributed by atoms with Crippen LogP contribution in [0.25, 0.3) is 5.82 Å². The fraction of sp³-hybridized carbons (Fsp3) is 0.333. The monoisotopic (exact) mass is 252 g/mol. The maximum absolute atomic E-state index is 13.7. The van der Waals surface area contributed by atoms with Crippen LogP contribution < -0.4 is 5.73 Å². The van der Waals surface area contributed by atoms with Crippen molar-refractivity contribution in [3.8, 4) is 5.82 Å². The predicted molar refractivity (Wildman–Crippen MR) is 64.4 cm³/mol. The van der Waals surface area contributed by atoms with Crippen molar-refractivity contribution >= 4 is 5.69 Å². The maximum atomic E-state index is 13.7. The molecule has 0 aliphatic heterocycles. The number of aryl methyl sites for hydroxylation is 1. The minimum atomic E-state index is -0.755. The summed E-state index contributed by atoms with van der Waals surface area (Å²) < 4.78 is 27.9. The molecule has 0 aromatic carbocycles. The van der Waals surface area contributed by atoms with Crippen LogP contribution in [0.15, 0.2) is 12.3 Å². The first-order valence-electron chi connectivity index (χ1n) is 5.76. The summed E-state index contributed by atoms with van der Waals surface area (Å²) in [6, 6.07) is 0.783. The summed E-state index contributed by atoms with van der Waals surface area (Å²) in [7, 11) is 0. The average molecular weight is 252 g/mol. The summed E-state index contributed by atoms with van der Waals surface area (Å²) in [5, 5.41) is 4.23. The van der Waals surface area contributed by atoms with E-state index in [1.807, 2.05) is 13.8 Å². The number of pyridine rings is 1. The Hall–Kier alpha value is -1.98. The highest BCUT2D eigenvalue weighted by molar-refractivity contribution is 5.51. The summed E-state index contributed by atoms with van der Waals surface area (Å²) in [5.74, 6) is -1.50. The van der Waals surface area contributed by atoms with Crippen LogP contribution in [0.2, 0.25) is 0 Å².